The van der Waals surface area contributed by atoms with Crippen LogP contribution in [0.1, 0.15) is 62.0 Å². The predicted octanol–water partition coefficient (Wildman–Crippen LogP) is 4.26. The number of aryl methyl sites for hydroxylation is 1. The van der Waals surface area contributed by atoms with Crippen molar-refractivity contribution in [2.24, 2.45) is 11.4 Å². The number of aromatic nitrogens is 3. The third kappa shape index (κ3) is 4.30. The fraction of sp³-hybridized carbons (Fsp3) is 0.391. The van der Waals surface area contributed by atoms with E-state index in [-0.39, 0.29) is 28.4 Å². The van der Waals surface area contributed by atoms with Gasteiger partial charge in [-0.25, -0.2) is 4.21 Å². The van der Waals surface area contributed by atoms with Gasteiger partial charge in [-0.2, -0.15) is 27.9 Å². The molecule has 11 heteroatoms. The monoisotopic (exact) mass is 489 g/mol. The van der Waals surface area contributed by atoms with E-state index in [2.05, 4.69) is 9.50 Å². The van der Waals surface area contributed by atoms with Crippen molar-refractivity contribution in [1.82, 2.24) is 14.3 Å². The van der Waals surface area contributed by atoms with Crippen LogP contribution in [-0.4, -0.2) is 29.0 Å². The SMILES string of the molecule is Cn1nc2c(=O)n(C3CC3)ccc2c1C(=NS(=O)C(C)(C)C)c1ccc(C(F)(F)F)c(C#N)c1. The van der Waals surface area contributed by atoms with Crippen molar-refractivity contribution in [1.29, 1.82) is 5.26 Å². The molecule has 0 bridgehead atoms. The molecule has 1 aromatic carbocycles. The smallest absolute Gasteiger partial charge is 0.311 e. The molecule has 0 aliphatic heterocycles. The van der Waals surface area contributed by atoms with Gasteiger partial charge in [0.15, 0.2) is 5.52 Å². The highest BCUT2D eigenvalue weighted by Gasteiger charge is 2.34. The lowest BCUT2D eigenvalue weighted by atomic mass is 9.99. The molecule has 3 aromatic rings. The summed E-state index contributed by atoms with van der Waals surface area (Å²) in [5.41, 5.74) is -1.15. The number of nitrogens with zero attached hydrogens (tertiary/aromatic N) is 5. The first kappa shape index (κ1) is 23.9. The first-order valence-corrected chi connectivity index (χ1v) is 11.6. The fourth-order valence-corrected chi connectivity index (χ4v) is 4.24. The Kier molecular flexibility index (Phi) is 5.76. The molecule has 1 fully saturated rings. The Morgan fingerprint density at radius 2 is 1.91 bits per heavy atom. The molecule has 1 unspecified atom stereocenters. The molecule has 0 N–H and O–H groups in total. The van der Waals surface area contributed by atoms with Crippen molar-refractivity contribution in [2.75, 3.05) is 0 Å². The fourth-order valence-electron chi connectivity index (χ4n) is 3.61. The molecule has 1 atom stereocenters. The summed E-state index contributed by atoms with van der Waals surface area (Å²) in [5, 5.41) is 14.2. The minimum absolute atomic E-state index is 0.0899. The number of pyridine rings is 1. The van der Waals surface area contributed by atoms with Gasteiger partial charge in [0.25, 0.3) is 5.56 Å². The largest absolute Gasteiger partial charge is 0.417 e. The minimum Gasteiger partial charge on any atom is -0.311 e. The zero-order valence-electron chi connectivity index (χ0n) is 19.0. The first-order valence-electron chi connectivity index (χ1n) is 10.5. The lowest BCUT2D eigenvalue weighted by Crippen LogP contribution is -2.22. The number of hydrogen-bond acceptors (Lipinski definition) is 4. The molecular weight excluding hydrogens is 467 g/mol. The minimum atomic E-state index is -4.71. The van der Waals surface area contributed by atoms with Crippen LogP contribution in [0.15, 0.2) is 39.7 Å². The molecule has 2 heterocycles. The predicted molar refractivity (Wildman–Crippen MR) is 123 cm³/mol. The Labute approximate surface area is 196 Å². The second kappa shape index (κ2) is 8.20. The number of benzene rings is 1. The van der Waals surface area contributed by atoms with Gasteiger partial charge in [0.1, 0.15) is 16.7 Å². The average molecular weight is 490 g/mol. The molecule has 1 aliphatic rings. The van der Waals surface area contributed by atoms with Crippen molar-refractivity contribution in [3.63, 3.8) is 0 Å². The van der Waals surface area contributed by atoms with Crippen molar-refractivity contribution in [3.8, 4) is 6.07 Å². The quantitative estimate of drug-likeness (QED) is 0.512. The van der Waals surface area contributed by atoms with Gasteiger partial charge in [0, 0.05) is 30.2 Å². The zero-order valence-corrected chi connectivity index (χ0v) is 19.8. The maximum atomic E-state index is 13.4. The average Bonchev–Trinajstić information content (AvgIpc) is 3.53. The van der Waals surface area contributed by atoms with Gasteiger partial charge in [-0.1, -0.05) is 6.07 Å². The van der Waals surface area contributed by atoms with E-state index in [4.69, 9.17) is 0 Å². The van der Waals surface area contributed by atoms with Crippen LogP contribution in [0.2, 0.25) is 0 Å². The summed E-state index contributed by atoms with van der Waals surface area (Å²) in [4.78, 5) is 13.0. The second-order valence-electron chi connectivity index (χ2n) is 9.17. The second-order valence-corrected chi connectivity index (χ2v) is 11.1. The van der Waals surface area contributed by atoms with E-state index in [1.54, 1.807) is 50.7 Å². The van der Waals surface area contributed by atoms with Gasteiger partial charge >= 0.3 is 6.18 Å². The molecule has 1 aliphatic carbocycles. The Balaban J connectivity index is 1.99. The number of halogens is 3. The van der Waals surface area contributed by atoms with Crippen molar-refractivity contribution < 1.29 is 17.4 Å². The lowest BCUT2D eigenvalue weighted by Gasteiger charge is -2.16. The van der Waals surface area contributed by atoms with Crippen molar-refractivity contribution >= 4 is 27.6 Å². The topological polar surface area (TPSA) is 93.0 Å². The molecule has 4 rings (SSSR count). The van der Waals surface area contributed by atoms with Crippen LogP contribution >= 0.6 is 0 Å². The number of fused-ring (bicyclic) bond motifs is 1. The molecule has 0 radical (unpaired) electrons. The highest BCUT2D eigenvalue weighted by atomic mass is 32.2. The maximum Gasteiger partial charge on any atom is 0.417 e. The summed E-state index contributed by atoms with van der Waals surface area (Å²) in [6.45, 7) is 5.15. The van der Waals surface area contributed by atoms with Crippen LogP contribution in [0.4, 0.5) is 13.2 Å². The van der Waals surface area contributed by atoms with Gasteiger partial charge in [-0.15, -0.1) is 0 Å². The molecule has 0 saturated heterocycles. The standard InChI is InChI=1S/C23H22F3N5O2S/c1-22(2,3)34(33)29-18(13-5-8-17(23(24,25)26)14(11-13)12-27)20-16-9-10-31(15-6-7-15)21(32)19(16)28-30(20)4/h5,8-11,15H,6-7H2,1-4H3. The first-order chi connectivity index (χ1) is 15.8. The van der Waals surface area contributed by atoms with Crippen LogP contribution in [0.25, 0.3) is 10.9 Å². The maximum absolute atomic E-state index is 13.4. The van der Waals surface area contributed by atoms with Gasteiger partial charge in [-0.3, -0.25) is 9.48 Å². The number of rotatable bonds is 4. The number of nitriles is 1. The Hall–Kier alpha value is -3.26. The molecule has 1 saturated carbocycles. The van der Waals surface area contributed by atoms with Gasteiger partial charge in [0.2, 0.25) is 0 Å². The van der Waals surface area contributed by atoms with Gasteiger partial charge < -0.3 is 4.57 Å². The van der Waals surface area contributed by atoms with E-state index in [0.29, 0.717) is 11.1 Å². The van der Waals surface area contributed by atoms with Crippen molar-refractivity contribution in [2.45, 2.75) is 50.6 Å². The van der Waals surface area contributed by atoms with E-state index >= 15 is 0 Å². The van der Waals surface area contributed by atoms with Gasteiger partial charge in [-0.05, 0) is 51.8 Å². The van der Waals surface area contributed by atoms with Gasteiger partial charge in [0.05, 0.1) is 27.6 Å². The van der Waals surface area contributed by atoms with E-state index in [9.17, 15) is 27.4 Å². The number of hydrogen-bond donors (Lipinski definition) is 0. The summed E-state index contributed by atoms with van der Waals surface area (Å²) in [5.74, 6) is 0. The zero-order chi connectivity index (χ0) is 25.0. The Morgan fingerprint density at radius 1 is 1.24 bits per heavy atom. The molecular formula is C23H22F3N5O2S. The van der Waals surface area contributed by atoms with Crippen LogP contribution < -0.4 is 5.56 Å². The molecule has 2 aromatic heterocycles. The highest BCUT2D eigenvalue weighted by Crippen LogP contribution is 2.35. The lowest BCUT2D eigenvalue weighted by molar-refractivity contribution is -0.137. The molecule has 0 spiro atoms. The Bertz CT molecular complexity index is 1450. The number of alkyl halides is 3. The van der Waals surface area contributed by atoms with E-state index < -0.39 is 33.0 Å². The van der Waals surface area contributed by atoms with Crippen LogP contribution in [-0.2, 0) is 24.2 Å². The summed E-state index contributed by atoms with van der Waals surface area (Å²) in [6, 6.07) is 6.50. The summed E-state index contributed by atoms with van der Waals surface area (Å²) in [7, 11) is -0.199. The summed E-state index contributed by atoms with van der Waals surface area (Å²) in [6.07, 6.45) is -1.22. The molecule has 7 nitrogen and oxygen atoms in total. The van der Waals surface area contributed by atoms with E-state index in [0.717, 1.165) is 25.0 Å². The third-order valence-corrected chi connectivity index (χ3v) is 6.90. The molecule has 178 valence electrons. The van der Waals surface area contributed by atoms with Crippen molar-refractivity contribution in [3.05, 3.63) is 63.2 Å². The highest BCUT2D eigenvalue weighted by molar-refractivity contribution is 7.85. The van der Waals surface area contributed by atoms with Crippen LogP contribution in [0.3, 0.4) is 0 Å². The van der Waals surface area contributed by atoms with E-state index in [1.807, 2.05) is 0 Å². The summed E-state index contributed by atoms with van der Waals surface area (Å²) < 4.78 is 59.7. The molecule has 34 heavy (non-hydrogen) atoms. The third-order valence-electron chi connectivity index (χ3n) is 5.50. The van der Waals surface area contributed by atoms with Crippen LogP contribution in [0.5, 0.6) is 0 Å². The molecule has 0 amide bonds. The normalized spacial score (nSPS) is 16.0. The Morgan fingerprint density at radius 3 is 2.47 bits per heavy atom. The van der Waals surface area contributed by atoms with Crippen LogP contribution in [0, 0.1) is 11.3 Å². The van der Waals surface area contributed by atoms with E-state index in [1.165, 1.54) is 10.7 Å². The summed E-state index contributed by atoms with van der Waals surface area (Å²) >= 11 is 0.